The highest BCUT2D eigenvalue weighted by molar-refractivity contribution is 8.00. The van der Waals surface area contributed by atoms with E-state index in [0.717, 1.165) is 17.0 Å². The van der Waals surface area contributed by atoms with Gasteiger partial charge in [0.05, 0.1) is 0 Å². The molecule has 0 aliphatic rings. The van der Waals surface area contributed by atoms with Gasteiger partial charge in [0.2, 0.25) is 0 Å². The van der Waals surface area contributed by atoms with Gasteiger partial charge < -0.3 is 9.64 Å². The fraction of sp³-hybridized carbons (Fsp3) is 0.278. The van der Waals surface area contributed by atoms with E-state index in [1.807, 2.05) is 79.7 Å². The van der Waals surface area contributed by atoms with Crippen LogP contribution in [-0.2, 0) is 9.53 Å². The molecule has 0 spiro atoms. The van der Waals surface area contributed by atoms with Gasteiger partial charge in [0.1, 0.15) is 11.9 Å². The first-order valence-corrected chi connectivity index (χ1v) is 8.13. The molecule has 0 amide bonds. The van der Waals surface area contributed by atoms with Crippen molar-refractivity contribution in [3.05, 3.63) is 66.2 Å². The molecule has 0 bridgehead atoms. The molecule has 4 heteroatoms. The zero-order valence-corrected chi connectivity index (χ0v) is 13.8. The highest BCUT2D eigenvalue weighted by Gasteiger charge is 2.23. The summed E-state index contributed by atoms with van der Waals surface area (Å²) >= 11 is 1.52. The molecule has 0 saturated heterocycles. The van der Waals surface area contributed by atoms with Crippen molar-refractivity contribution in [3.8, 4) is 0 Å². The molecule has 2 aromatic carbocycles. The minimum absolute atomic E-state index is 0.193. The number of carbonyl (C=O) groups is 1. The fourth-order valence-electron chi connectivity index (χ4n) is 1.92. The second-order valence-electron chi connectivity index (χ2n) is 5.19. The van der Waals surface area contributed by atoms with Gasteiger partial charge in [-0.25, -0.2) is 0 Å². The molecule has 3 nitrogen and oxygen atoms in total. The van der Waals surface area contributed by atoms with E-state index in [1.165, 1.54) is 11.8 Å². The summed E-state index contributed by atoms with van der Waals surface area (Å²) in [6.45, 7) is 1.13. The van der Waals surface area contributed by atoms with Gasteiger partial charge in [-0.1, -0.05) is 48.5 Å². The first-order valence-electron chi connectivity index (χ1n) is 7.25. The molecule has 2 aromatic rings. The number of esters is 1. The molecule has 0 aliphatic carbocycles. The van der Waals surface area contributed by atoms with Gasteiger partial charge in [0, 0.05) is 11.4 Å². The second-order valence-corrected chi connectivity index (χ2v) is 6.37. The molecule has 0 heterocycles. The van der Waals surface area contributed by atoms with Gasteiger partial charge in [-0.05, 0) is 31.8 Å². The lowest BCUT2D eigenvalue weighted by Gasteiger charge is -2.17. The largest absolute Gasteiger partial charge is 0.463 e. The summed E-state index contributed by atoms with van der Waals surface area (Å²) in [6, 6.07) is 19.7. The van der Waals surface area contributed by atoms with Crippen molar-refractivity contribution in [2.45, 2.75) is 10.1 Å². The van der Waals surface area contributed by atoms with Crippen LogP contribution in [0.5, 0.6) is 0 Å². The molecule has 1 atom stereocenters. The van der Waals surface area contributed by atoms with Gasteiger partial charge >= 0.3 is 5.97 Å². The van der Waals surface area contributed by atoms with E-state index in [1.54, 1.807) is 0 Å². The summed E-state index contributed by atoms with van der Waals surface area (Å²) in [5, 5.41) is -0.342. The fourth-order valence-corrected chi connectivity index (χ4v) is 2.96. The van der Waals surface area contributed by atoms with E-state index in [2.05, 4.69) is 0 Å². The number of rotatable bonds is 7. The van der Waals surface area contributed by atoms with Gasteiger partial charge in [0.25, 0.3) is 0 Å². The van der Waals surface area contributed by atoms with Crippen LogP contribution in [0, 0.1) is 0 Å². The van der Waals surface area contributed by atoms with Crippen molar-refractivity contribution in [3.63, 3.8) is 0 Å². The number of carbonyl (C=O) groups excluding carboxylic acids is 1. The Balaban J connectivity index is 2.10. The van der Waals surface area contributed by atoms with E-state index < -0.39 is 0 Å². The van der Waals surface area contributed by atoms with Crippen LogP contribution in [0.3, 0.4) is 0 Å². The number of nitrogens with zero attached hydrogens (tertiary/aromatic N) is 1. The Kier molecular flexibility index (Phi) is 6.49. The molecule has 116 valence electrons. The third kappa shape index (κ3) is 5.20. The number of benzene rings is 2. The number of thioether (sulfide) groups is 1. The Morgan fingerprint density at radius 2 is 1.64 bits per heavy atom. The van der Waals surface area contributed by atoms with Crippen LogP contribution >= 0.6 is 11.8 Å². The minimum atomic E-state index is -0.342. The third-order valence-electron chi connectivity index (χ3n) is 3.10. The predicted octanol–water partition coefficient (Wildman–Crippen LogP) is 3.62. The zero-order valence-electron chi connectivity index (χ0n) is 12.9. The molecule has 2 rings (SSSR count). The molecule has 0 saturated carbocycles. The third-order valence-corrected chi connectivity index (χ3v) is 4.34. The maximum atomic E-state index is 12.5. The standard InChI is InChI=1S/C18H21NO2S/c1-19(2)13-14-21-18(20)17(15-9-5-3-6-10-15)22-16-11-7-4-8-12-16/h3-12,17H,13-14H2,1-2H3. The maximum absolute atomic E-state index is 12.5. The smallest absolute Gasteiger partial charge is 0.324 e. The van der Waals surface area contributed by atoms with Crippen LogP contribution in [0.4, 0.5) is 0 Å². The molecule has 0 aliphatic heterocycles. The first kappa shape index (κ1) is 16.6. The average Bonchev–Trinajstić information content (AvgIpc) is 2.54. The van der Waals surface area contributed by atoms with E-state index in [9.17, 15) is 4.79 Å². The van der Waals surface area contributed by atoms with E-state index in [0.29, 0.717) is 6.61 Å². The zero-order chi connectivity index (χ0) is 15.8. The summed E-state index contributed by atoms with van der Waals surface area (Å²) < 4.78 is 5.44. The van der Waals surface area contributed by atoms with Crippen molar-refractivity contribution in [1.82, 2.24) is 4.90 Å². The maximum Gasteiger partial charge on any atom is 0.324 e. The van der Waals surface area contributed by atoms with Crippen LogP contribution in [0.15, 0.2) is 65.6 Å². The summed E-state index contributed by atoms with van der Waals surface area (Å²) in [5.41, 5.74) is 0.964. The summed E-state index contributed by atoms with van der Waals surface area (Å²) in [6.07, 6.45) is 0. The number of hydrogen-bond donors (Lipinski definition) is 0. The molecule has 0 N–H and O–H groups in total. The Labute approximate surface area is 136 Å². The predicted molar refractivity (Wildman–Crippen MR) is 91.0 cm³/mol. The van der Waals surface area contributed by atoms with Crippen molar-refractivity contribution in [2.75, 3.05) is 27.2 Å². The van der Waals surface area contributed by atoms with Crippen molar-refractivity contribution >= 4 is 17.7 Å². The Morgan fingerprint density at radius 1 is 1.05 bits per heavy atom. The first-order chi connectivity index (χ1) is 10.7. The average molecular weight is 315 g/mol. The quantitative estimate of drug-likeness (QED) is 0.576. The van der Waals surface area contributed by atoms with Gasteiger partial charge in [-0.2, -0.15) is 0 Å². The molecule has 1 unspecified atom stereocenters. The Bertz CT molecular complexity index is 572. The van der Waals surface area contributed by atoms with E-state index in [4.69, 9.17) is 4.74 Å². The molecule has 0 aromatic heterocycles. The minimum Gasteiger partial charge on any atom is -0.463 e. The number of ether oxygens (including phenoxy) is 1. The van der Waals surface area contributed by atoms with Gasteiger partial charge in [-0.15, -0.1) is 11.8 Å². The van der Waals surface area contributed by atoms with E-state index in [-0.39, 0.29) is 11.2 Å². The van der Waals surface area contributed by atoms with Crippen LogP contribution in [0.25, 0.3) is 0 Å². The van der Waals surface area contributed by atoms with Crippen LogP contribution in [0.1, 0.15) is 10.8 Å². The molecular weight excluding hydrogens is 294 g/mol. The summed E-state index contributed by atoms with van der Waals surface area (Å²) in [5.74, 6) is -0.193. The second kappa shape index (κ2) is 8.61. The van der Waals surface area contributed by atoms with Crippen LogP contribution in [0.2, 0.25) is 0 Å². The van der Waals surface area contributed by atoms with E-state index >= 15 is 0 Å². The van der Waals surface area contributed by atoms with Crippen molar-refractivity contribution in [2.24, 2.45) is 0 Å². The van der Waals surface area contributed by atoms with Crippen molar-refractivity contribution < 1.29 is 9.53 Å². The van der Waals surface area contributed by atoms with Gasteiger partial charge in [-0.3, -0.25) is 4.79 Å². The lowest BCUT2D eigenvalue weighted by atomic mass is 10.1. The Hall–Kier alpha value is -1.78. The highest BCUT2D eigenvalue weighted by atomic mass is 32.2. The van der Waals surface area contributed by atoms with Crippen molar-refractivity contribution in [1.29, 1.82) is 0 Å². The topological polar surface area (TPSA) is 29.5 Å². The van der Waals surface area contributed by atoms with Crippen LogP contribution in [-0.4, -0.2) is 38.1 Å². The molecule has 0 radical (unpaired) electrons. The van der Waals surface area contributed by atoms with Crippen LogP contribution < -0.4 is 0 Å². The summed E-state index contributed by atoms with van der Waals surface area (Å²) in [4.78, 5) is 15.5. The lowest BCUT2D eigenvalue weighted by molar-refractivity contribution is -0.143. The lowest BCUT2D eigenvalue weighted by Crippen LogP contribution is -2.22. The molecule has 22 heavy (non-hydrogen) atoms. The number of hydrogen-bond acceptors (Lipinski definition) is 4. The molecule has 0 fully saturated rings. The Morgan fingerprint density at radius 3 is 2.23 bits per heavy atom. The normalized spacial score (nSPS) is 12.1. The monoisotopic (exact) mass is 315 g/mol. The molecular formula is C18H21NO2S. The number of likely N-dealkylation sites (N-methyl/N-ethyl adjacent to an activating group) is 1. The summed E-state index contributed by atoms with van der Waals surface area (Å²) in [7, 11) is 3.92. The SMILES string of the molecule is CN(C)CCOC(=O)C(Sc1ccccc1)c1ccccc1. The van der Waals surface area contributed by atoms with Gasteiger partial charge in [0.15, 0.2) is 0 Å². The highest BCUT2D eigenvalue weighted by Crippen LogP contribution is 2.36.